The van der Waals surface area contributed by atoms with Crippen molar-refractivity contribution >= 4 is 0 Å². The minimum atomic E-state index is -0.412. The van der Waals surface area contributed by atoms with Crippen molar-refractivity contribution in [3.63, 3.8) is 0 Å². The molecule has 0 radical (unpaired) electrons. The molecule has 0 spiro atoms. The lowest BCUT2D eigenvalue weighted by atomic mass is 9.78. The fourth-order valence-electron chi connectivity index (χ4n) is 2.45. The van der Waals surface area contributed by atoms with Gasteiger partial charge in [0.1, 0.15) is 18.1 Å². The van der Waals surface area contributed by atoms with E-state index in [9.17, 15) is 5.11 Å². The lowest BCUT2D eigenvalue weighted by molar-refractivity contribution is 0.104. The molecule has 23 heavy (non-hydrogen) atoms. The van der Waals surface area contributed by atoms with Crippen LogP contribution in [0, 0.1) is 0 Å². The van der Waals surface area contributed by atoms with Crippen LogP contribution in [0.3, 0.4) is 0 Å². The first kappa shape index (κ1) is 17.4. The highest BCUT2D eigenvalue weighted by Gasteiger charge is 2.23. The molecule has 0 fully saturated rings. The Morgan fingerprint density at radius 2 is 1.43 bits per heavy atom. The largest absolute Gasteiger partial charge is 0.497 e. The fraction of sp³-hybridized carbons (Fsp3) is 0.400. The topological polar surface area (TPSA) is 38.7 Å². The van der Waals surface area contributed by atoms with E-state index in [0.29, 0.717) is 13.0 Å². The minimum absolute atomic E-state index is 0. The molecule has 0 aromatic heterocycles. The van der Waals surface area contributed by atoms with Crippen molar-refractivity contribution in [2.75, 3.05) is 13.7 Å². The Hall–Kier alpha value is -2.00. The summed E-state index contributed by atoms with van der Waals surface area (Å²) in [5.41, 5.74) is 2.34. The van der Waals surface area contributed by atoms with E-state index in [1.165, 1.54) is 11.1 Å². The van der Waals surface area contributed by atoms with Crippen LogP contribution in [-0.4, -0.2) is 24.9 Å². The predicted octanol–water partition coefficient (Wildman–Crippen LogP) is 4.91. The van der Waals surface area contributed by atoms with E-state index >= 15 is 0 Å². The summed E-state index contributed by atoms with van der Waals surface area (Å²) in [6.45, 7) is 6.67. The Kier molecular flexibility index (Phi) is 5.67. The van der Waals surface area contributed by atoms with Gasteiger partial charge in [0.05, 0.1) is 13.2 Å². The fourth-order valence-corrected chi connectivity index (χ4v) is 2.45. The molecule has 2 aromatic carbocycles. The molecule has 3 nitrogen and oxygen atoms in total. The van der Waals surface area contributed by atoms with Crippen molar-refractivity contribution in [3.8, 4) is 11.5 Å². The van der Waals surface area contributed by atoms with Crippen LogP contribution in [0.1, 0.15) is 42.6 Å². The van der Waals surface area contributed by atoms with Gasteiger partial charge < -0.3 is 14.6 Å². The number of ether oxygens (including phenoxy) is 2. The molecule has 0 aliphatic heterocycles. The van der Waals surface area contributed by atoms with Gasteiger partial charge in [-0.25, -0.2) is 0 Å². The van der Waals surface area contributed by atoms with E-state index < -0.39 is 6.10 Å². The summed E-state index contributed by atoms with van der Waals surface area (Å²) in [7, 11) is 1.67. The highest BCUT2D eigenvalue weighted by molar-refractivity contribution is 5.41. The van der Waals surface area contributed by atoms with E-state index in [4.69, 9.17) is 9.47 Å². The molecule has 0 amide bonds. The molecule has 0 saturated heterocycles. The molecule has 0 bridgehead atoms. The third-order valence-corrected chi connectivity index (χ3v) is 4.30. The maximum Gasteiger partial charge on any atom is 0.119 e. The number of aliphatic hydroxyl groups is 1. The summed E-state index contributed by atoms with van der Waals surface area (Å²) in [5.74, 6) is 1.65. The van der Waals surface area contributed by atoms with Gasteiger partial charge in [-0.2, -0.15) is 0 Å². The average molecular weight is 320 g/mol. The molecule has 3 heteroatoms. The third kappa shape index (κ3) is 4.26. The Labute approximate surface area is 143 Å². The Morgan fingerprint density at radius 1 is 0.957 bits per heavy atom. The van der Waals surface area contributed by atoms with E-state index in [-0.39, 0.29) is 9.69 Å². The number of rotatable bonds is 7. The molecular formula is C20H32O3. The first-order chi connectivity index (χ1) is 11.0. The zero-order valence-electron chi connectivity index (χ0n) is 14.4. The zero-order valence-corrected chi connectivity index (χ0v) is 14.4. The van der Waals surface area contributed by atoms with Gasteiger partial charge in [-0.3, -0.25) is 0 Å². The molecule has 2 rings (SSSR count). The first-order valence-corrected chi connectivity index (χ1v) is 8.03. The second-order valence-electron chi connectivity index (χ2n) is 6.25. The molecule has 1 N–H and O–H groups in total. The summed E-state index contributed by atoms with van der Waals surface area (Å²) < 4.78 is 10.8. The number of hydrogen-bond donors (Lipinski definition) is 1. The standard InChI is InChI=1S/C20H26O3.3H2/c1-5-17(21)14-23-19-12-8-16(9-13-19)20(2,3)15-6-10-18(22-4)11-7-15;;;/h6-13,17,21H,5,14H2,1-4H3;3*1H. The van der Waals surface area contributed by atoms with Gasteiger partial charge in [0, 0.05) is 9.69 Å². The van der Waals surface area contributed by atoms with E-state index in [0.717, 1.165) is 11.5 Å². The normalized spacial score (nSPS) is 12.7. The highest BCUT2D eigenvalue weighted by atomic mass is 16.5. The summed E-state index contributed by atoms with van der Waals surface area (Å²) in [6, 6.07) is 16.3. The van der Waals surface area contributed by atoms with Crippen LogP contribution in [0.5, 0.6) is 11.5 Å². The second kappa shape index (κ2) is 7.51. The summed E-state index contributed by atoms with van der Waals surface area (Å²) in [4.78, 5) is 0. The predicted molar refractivity (Wildman–Crippen MR) is 99.7 cm³/mol. The van der Waals surface area contributed by atoms with Crippen LogP contribution in [0.15, 0.2) is 48.5 Å². The second-order valence-corrected chi connectivity index (χ2v) is 6.25. The SMILES string of the molecule is CCC(O)COc1ccc(C(C)(C)c2ccc(OC)cc2)cc1.[HH].[HH].[HH]. The molecule has 0 heterocycles. The van der Waals surface area contributed by atoms with Crippen molar-refractivity contribution in [1.29, 1.82) is 0 Å². The van der Waals surface area contributed by atoms with E-state index in [1.807, 2.05) is 31.2 Å². The molecule has 130 valence electrons. The van der Waals surface area contributed by atoms with E-state index in [1.54, 1.807) is 7.11 Å². The molecule has 1 unspecified atom stereocenters. The van der Waals surface area contributed by atoms with Gasteiger partial charge in [0.25, 0.3) is 0 Å². The Balaban J connectivity index is 0. The monoisotopic (exact) mass is 320 g/mol. The van der Waals surface area contributed by atoms with Crippen LogP contribution in [0.4, 0.5) is 0 Å². The van der Waals surface area contributed by atoms with Crippen LogP contribution in [-0.2, 0) is 5.41 Å². The van der Waals surface area contributed by atoms with Crippen LogP contribution < -0.4 is 9.47 Å². The zero-order chi connectivity index (χ0) is 16.9. The Bertz CT molecular complexity index is 613. The summed E-state index contributed by atoms with van der Waals surface area (Å²) in [5, 5.41) is 9.56. The maximum absolute atomic E-state index is 9.56. The lowest BCUT2D eigenvalue weighted by Crippen LogP contribution is -2.19. The first-order valence-electron chi connectivity index (χ1n) is 8.03. The molecule has 2 aromatic rings. The molecule has 0 aliphatic rings. The van der Waals surface area contributed by atoms with Gasteiger partial charge in [-0.1, -0.05) is 45.0 Å². The summed E-state index contributed by atoms with van der Waals surface area (Å²) >= 11 is 0. The van der Waals surface area contributed by atoms with Gasteiger partial charge >= 0.3 is 0 Å². The lowest BCUT2D eigenvalue weighted by Gasteiger charge is -2.26. The number of methoxy groups -OCH3 is 1. The number of hydrogen-bond acceptors (Lipinski definition) is 3. The van der Waals surface area contributed by atoms with Crippen molar-refractivity contribution in [3.05, 3.63) is 59.7 Å². The van der Waals surface area contributed by atoms with Crippen molar-refractivity contribution in [2.24, 2.45) is 0 Å². The molecule has 0 saturated carbocycles. The number of aliphatic hydroxyl groups excluding tert-OH is 1. The van der Waals surface area contributed by atoms with Gasteiger partial charge in [-0.05, 0) is 41.8 Å². The average Bonchev–Trinajstić information content (AvgIpc) is 2.60. The smallest absolute Gasteiger partial charge is 0.119 e. The highest BCUT2D eigenvalue weighted by Crippen LogP contribution is 2.33. The Morgan fingerprint density at radius 3 is 1.87 bits per heavy atom. The van der Waals surface area contributed by atoms with Crippen molar-refractivity contribution in [1.82, 2.24) is 0 Å². The van der Waals surface area contributed by atoms with Gasteiger partial charge in [0.2, 0.25) is 0 Å². The minimum Gasteiger partial charge on any atom is -0.497 e. The van der Waals surface area contributed by atoms with Gasteiger partial charge in [0.15, 0.2) is 0 Å². The van der Waals surface area contributed by atoms with Crippen LogP contribution in [0.25, 0.3) is 0 Å². The van der Waals surface area contributed by atoms with E-state index in [2.05, 4.69) is 38.1 Å². The van der Waals surface area contributed by atoms with Gasteiger partial charge in [-0.15, -0.1) is 0 Å². The third-order valence-electron chi connectivity index (χ3n) is 4.30. The molecule has 0 aliphatic carbocycles. The molecule has 1 atom stereocenters. The van der Waals surface area contributed by atoms with Crippen LogP contribution >= 0.6 is 0 Å². The van der Waals surface area contributed by atoms with Crippen molar-refractivity contribution in [2.45, 2.75) is 38.7 Å². The van der Waals surface area contributed by atoms with Crippen LogP contribution in [0.2, 0.25) is 0 Å². The van der Waals surface area contributed by atoms with Crippen molar-refractivity contribution < 1.29 is 18.9 Å². The number of benzene rings is 2. The quantitative estimate of drug-likeness (QED) is 0.788. The molecular weight excluding hydrogens is 288 g/mol. The maximum atomic E-state index is 9.56. The summed E-state index contributed by atoms with van der Waals surface area (Å²) in [6.07, 6.45) is 0.285.